The highest BCUT2D eigenvalue weighted by atomic mass is 16.4. The number of carboxylic acids is 2. The molecule has 0 aliphatic heterocycles. The first-order valence-corrected chi connectivity index (χ1v) is 32.6. The Morgan fingerprint density at radius 3 is 1.47 bits per heavy atom. The number of fused-ring (bicyclic) bond motifs is 8. The molecular weight excluding hydrogens is 1300 g/mol. The summed E-state index contributed by atoms with van der Waals surface area (Å²) in [7, 11) is 0. The maximum absolute atomic E-state index is 11.1. The lowest BCUT2D eigenvalue weighted by atomic mass is 10.0. The molecule has 1 amide bonds. The number of carbonyl (C=O) groups excluding carboxylic acids is 1. The second-order valence-corrected chi connectivity index (χ2v) is 24.0. The van der Waals surface area contributed by atoms with Crippen molar-refractivity contribution < 1.29 is 24.6 Å². The van der Waals surface area contributed by atoms with E-state index in [1.165, 1.54) is 40.9 Å². The molecule has 21 nitrogen and oxygen atoms in total. The van der Waals surface area contributed by atoms with E-state index in [4.69, 9.17) is 28.5 Å². The molecular formula is C83H58N16O5. The molecule has 9 aromatic heterocycles. The monoisotopic (exact) mass is 1360 g/mol. The van der Waals surface area contributed by atoms with Crippen molar-refractivity contribution >= 4 is 122 Å². The van der Waals surface area contributed by atoms with E-state index >= 15 is 0 Å². The normalized spacial score (nSPS) is 10.8. The highest BCUT2D eigenvalue weighted by Gasteiger charge is 2.18. The SMILES string of the molecule is CC(=O)Nc1cccnc1C.O=C(O)c1cc2c(-c3ccc4ccccc4c3)n[nH]c2cn1.O=C(O)c1cnc2n[nH]c(-c3ccc4ccccc4c3)c2c1.[C-]#[N+]c1cnc2c(c1)c(-c1ccc3ccccc3c1)nn2Cc1ccccc1.[C-]#[N+]c1cnc2n[nH]c(-c3ccc4ccccc4c3)c2c1. The zero-order chi connectivity index (χ0) is 71.6. The van der Waals surface area contributed by atoms with Crippen LogP contribution < -0.4 is 5.32 Å². The third kappa shape index (κ3) is 14.5. The third-order valence-corrected chi connectivity index (χ3v) is 17.2. The minimum Gasteiger partial charge on any atom is -0.478 e. The molecule has 500 valence electrons. The molecule has 0 radical (unpaired) electrons. The molecule has 18 rings (SSSR count). The summed E-state index contributed by atoms with van der Waals surface area (Å²) in [5.74, 6) is -2.12. The Morgan fingerprint density at radius 2 is 0.942 bits per heavy atom. The molecule has 0 fully saturated rings. The largest absolute Gasteiger partial charge is 0.478 e. The summed E-state index contributed by atoms with van der Waals surface area (Å²) in [6, 6.07) is 78.1. The number of amides is 1. The van der Waals surface area contributed by atoms with Crippen LogP contribution in [0.2, 0.25) is 0 Å². The fourth-order valence-electron chi connectivity index (χ4n) is 12.0. The zero-order valence-electron chi connectivity index (χ0n) is 55.6. The van der Waals surface area contributed by atoms with Crippen molar-refractivity contribution in [2.45, 2.75) is 20.4 Å². The number of carboxylic acid groups (broad SMARTS) is 2. The predicted molar refractivity (Wildman–Crippen MR) is 406 cm³/mol. The standard InChI is InChI=1S/C24H16N4.C17H10N4.2C17H11N3O2.C8H10N2O/c1-25-21-14-22-23(20-12-11-18-9-5-6-10-19(18)13-20)27-28(24(22)26-15-21)16-17-7-3-2-4-8-17;1-18-14-9-15-16(20-21-17(15)19-10-14)13-7-6-11-4-2-3-5-12(11)8-13;21-17(22)14-8-13-15(9-18-14)19-20-16(13)12-6-5-10-3-1-2-4-11(10)7-12;21-17(22)13-8-14-15(19-20-16(14)18-9-13)12-6-5-10-3-1-2-4-11(10)7-12;1-6-8(10-7(2)11)4-3-5-9-6/h2-15H,16H2;2-10H,(H,19,20,21);1-9H,(H,19,20)(H,21,22);1-9H,(H,21,22)(H,18,19,20);3-5H,1-2H3,(H,10,11). The van der Waals surface area contributed by atoms with Gasteiger partial charge in [-0.05, 0) is 116 Å². The molecule has 18 aromatic rings. The number of rotatable bonds is 9. The minimum absolute atomic E-state index is 0.0101. The number of H-pyrrole nitrogens is 3. The smallest absolute Gasteiger partial charge is 0.354 e. The number of nitrogens with one attached hydrogen (secondary N) is 4. The lowest BCUT2D eigenvalue weighted by molar-refractivity contribution is -0.114. The number of aromatic carboxylic acids is 2. The van der Waals surface area contributed by atoms with E-state index in [-0.39, 0.29) is 17.2 Å². The predicted octanol–water partition coefficient (Wildman–Crippen LogP) is 18.5. The van der Waals surface area contributed by atoms with Crippen LogP contribution in [0.15, 0.2) is 268 Å². The molecule has 0 saturated heterocycles. The average molecular weight is 1360 g/mol. The van der Waals surface area contributed by atoms with Crippen molar-refractivity contribution in [3.05, 3.63) is 313 Å². The van der Waals surface area contributed by atoms with E-state index in [1.807, 2.05) is 151 Å². The Labute approximate surface area is 592 Å². The first-order chi connectivity index (χ1) is 50.8. The minimum atomic E-state index is -1.05. The number of aromatic amines is 3. The van der Waals surface area contributed by atoms with Crippen LogP contribution >= 0.6 is 0 Å². The highest BCUT2D eigenvalue weighted by Crippen LogP contribution is 2.35. The molecule has 6 N–H and O–H groups in total. The molecule has 0 bridgehead atoms. The van der Waals surface area contributed by atoms with E-state index in [9.17, 15) is 14.4 Å². The van der Waals surface area contributed by atoms with Gasteiger partial charge >= 0.3 is 11.9 Å². The maximum Gasteiger partial charge on any atom is 0.354 e. The van der Waals surface area contributed by atoms with Crippen LogP contribution in [-0.2, 0) is 11.3 Å². The van der Waals surface area contributed by atoms with Crippen molar-refractivity contribution in [2.75, 3.05) is 5.32 Å². The molecule has 0 atom stereocenters. The Hall–Kier alpha value is -15.0. The number of hydrogen-bond donors (Lipinski definition) is 6. The summed E-state index contributed by atoms with van der Waals surface area (Å²) >= 11 is 0. The van der Waals surface area contributed by atoms with Gasteiger partial charge in [0.25, 0.3) is 0 Å². The van der Waals surface area contributed by atoms with Crippen LogP contribution in [0, 0.1) is 20.1 Å². The van der Waals surface area contributed by atoms with Gasteiger partial charge in [-0.2, -0.15) is 20.4 Å². The second-order valence-electron chi connectivity index (χ2n) is 24.0. The van der Waals surface area contributed by atoms with Gasteiger partial charge < -0.3 is 15.5 Å². The van der Waals surface area contributed by atoms with Crippen molar-refractivity contribution in [1.82, 2.24) is 65.3 Å². The van der Waals surface area contributed by atoms with Crippen LogP contribution in [0.1, 0.15) is 39.0 Å². The molecule has 9 aromatic carbocycles. The first-order valence-electron chi connectivity index (χ1n) is 32.6. The lowest BCUT2D eigenvalue weighted by Crippen LogP contribution is -2.07. The van der Waals surface area contributed by atoms with Crippen LogP contribution in [-0.4, -0.2) is 93.4 Å². The van der Waals surface area contributed by atoms with E-state index in [0.29, 0.717) is 40.1 Å². The fourth-order valence-corrected chi connectivity index (χ4v) is 12.0. The van der Waals surface area contributed by atoms with Crippen molar-refractivity contribution in [3.8, 4) is 45.0 Å². The Balaban J connectivity index is 0.000000112. The van der Waals surface area contributed by atoms with Crippen LogP contribution in [0.25, 0.3) is 142 Å². The molecule has 9 heterocycles. The maximum atomic E-state index is 11.1. The molecule has 0 aliphatic carbocycles. The van der Waals surface area contributed by atoms with Gasteiger partial charge in [0.2, 0.25) is 17.3 Å². The summed E-state index contributed by atoms with van der Waals surface area (Å²) in [6.45, 7) is 18.4. The number of aryl methyl sites for hydroxylation is 1. The van der Waals surface area contributed by atoms with Crippen molar-refractivity contribution in [3.63, 3.8) is 0 Å². The fraction of sp³-hybridized carbons (Fsp3) is 0.0361. The molecule has 104 heavy (non-hydrogen) atoms. The van der Waals surface area contributed by atoms with Gasteiger partial charge in [0.05, 0.1) is 59.7 Å². The van der Waals surface area contributed by atoms with Gasteiger partial charge in [-0.1, -0.05) is 176 Å². The van der Waals surface area contributed by atoms with Gasteiger partial charge in [0, 0.05) is 75.5 Å². The number of aromatic nitrogens is 13. The van der Waals surface area contributed by atoms with E-state index in [2.05, 4.69) is 149 Å². The van der Waals surface area contributed by atoms with Crippen LogP contribution in [0.3, 0.4) is 0 Å². The molecule has 0 spiro atoms. The summed E-state index contributed by atoms with van der Waals surface area (Å²) in [6.07, 6.45) is 7.66. The van der Waals surface area contributed by atoms with Crippen molar-refractivity contribution in [1.29, 1.82) is 0 Å². The lowest BCUT2D eigenvalue weighted by Gasteiger charge is -2.03. The second kappa shape index (κ2) is 29.6. The Bertz CT molecular complexity index is 6220. The summed E-state index contributed by atoms with van der Waals surface area (Å²) in [5.41, 5.74) is 13.8. The first kappa shape index (κ1) is 66.3. The van der Waals surface area contributed by atoms with E-state index in [1.54, 1.807) is 36.8 Å². The quantitative estimate of drug-likeness (QED) is 0.0733. The van der Waals surface area contributed by atoms with E-state index < -0.39 is 11.9 Å². The van der Waals surface area contributed by atoms with Gasteiger partial charge in [0.15, 0.2) is 16.9 Å². The number of carbonyl (C=O) groups is 3. The highest BCUT2D eigenvalue weighted by molar-refractivity contribution is 6.02. The van der Waals surface area contributed by atoms with E-state index in [0.717, 1.165) is 105 Å². The number of nitrogens with zero attached hydrogens (tertiary/aromatic N) is 12. The Kier molecular flexibility index (Phi) is 18.9. The summed E-state index contributed by atoms with van der Waals surface area (Å²) in [4.78, 5) is 60.6. The van der Waals surface area contributed by atoms with Crippen LogP contribution in [0.4, 0.5) is 17.1 Å². The average Bonchev–Trinajstić information content (AvgIpc) is 1.63. The molecule has 0 saturated carbocycles. The van der Waals surface area contributed by atoms with Crippen molar-refractivity contribution in [2.24, 2.45) is 0 Å². The summed E-state index contributed by atoms with van der Waals surface area (Å²) < 4.78 is 1.92. The molecule has 0 aliphatic rings. The summed E-state index contributed by atoms with van der Waals surface area (Å²) in [5, 5.41) is 59.8. The number of pyridine rings is 5. The topological polar surface area (TPSA) is 281 Å². The van der Waals surface area contributed by atoms with Gasteiger partial charge in [-0.15, -0.1) is 0 Å². The molecule has 0 unspecified atom stereocenters. The van der Waals surface area contributed by atoms with Crippen LogP contribution in [0.5, 0.6) is 0 Å². The Morgan fingerprint density at radius 1 is 0.452 bits per heavy atom. The number of hydrogen-bond acceptors (Lipinski definition) is 12. The number of benzene rings is 9. The zero-order valence-corrected chi connectivity index (χ0v) is 55.6. The van der Waals surface area contributed by atoms with Gasteiger partial charge in [-0.25, -0.2) is 43.9 Å². The van der Waals surface area contributed by atoms with Gasteiger partial charge in [-0.3, -0.25) is 25.1 Å². The molecule has 21 heteroatoms. The number of anilines is 1. The van der Waals surface area contributed by atoms with Gasteiger partial charge in [0.1, 0.15) is 17.1 Å². The third-order valence-electron chi connectivity index (χ3n) is 17.2.